The fourth-order valence-corrected chi connectivity index (χ4v) is 8.62. The monoisotopic (exact) mass is 798 g/mol. The van der Waals surface area contributed by atoms with Gasteiger partial charge in [0.15, 0.2) is 0 Å². The van der Waals surface area contributed by atoms with Gasteiger partial charge in [-0.2, -0.15) is 0 Å². The van der Waals surface area contributed by atoms with Crippen molar-refractivity contribution in [2.45, 2.75) is 71.4 Å². The van der Waals surface area contributed by atoms with Crippen molar-refractivity contribution in [3.05, 3.63) is 128 Å². The molecule has 0 spiro atoms. The molecule has 2 N–H and O–H groups in total. The number of anilines is 2. The van der Waals surface area contributed by atoms with Crippen LogP contribution in [-0.2, 0) is 36.0 Å². The molecule has 13 heteroatoms. The number of hydrogen-bond acceptors (Lipinski definition) is 7. The van der Waals surface area contributed by atoms with E-state index >= 15 is 0 Å². The fourth-order valence-electron chi connectivity index (χ4n) is 8.62. The smallest absolute Gasteiger partial charge is 0.270 e. The van der Waals surface area contributed by atoms with E-state index in [4.69, 9.17) is 0 Å². The second kappa shape index (κ2) is 16.0. The van der Waals surface area contributed by atoms with Gasteiger partial charge >= 0.3 is 0 Å². The van der Waals surface area contributed by atoms with Crippen molar-refractivity contribution in [3.8, 4) is 11.1 Å². The van der Waals surface area contributed by atoms with Crippen LogP contribution in [0.2, 0.25) is 0 Å². The molecule has 1 unspecified atom stereocenters. The van der Waals surface area contributed by atoms with Gasteiger partial charge in [0.25, 0.3) is 23.8 Å². The molecule has 0 radical (unpaired) electrons. The molecule has 1 fully saturated rings. The van der Waals surface area contributed by atoms with E-state index in [1.165, 1.54) is 17.2 Å². The van der Waals surface area contributed by atoms with Crippen molar-refractivity contribution < 1.29 is 28.0 Å². The number of amides is 4. The van der Waals surface area contributed by atoms with Crippen LogP contribution >= 0.6 is 0 Å². The van der Waals surface area contributed by atoms with Gasteiger partial charge in [0.2, 0.25) is 11.8 Å². The van der Waals surface area contributed by atoms with Gasteiger partial charge in [0.05, 0.1) is 11.2 Å². The number of benzene rings is 3. The van der Waals surface area contributed by atoms with Gasteiger partial charge < -0.3 is 19.7 Å². The predicted octanol–water partition coefficient (Wildman–Crippen LogP) is 7.09. The third-order valence-electron chi connectivity index (χ3n) is 11.6. The van der Waals surface area contributed by atoms with E-state index in [1.807, 2.05) is 18.2 Å². The number of fused-ring (bicyclic) bond motifs is 3. The topological polar surface area (TPSA) is 134 Å². The second-order valence-corrected chi connectivity index (χ2v) is 15.4. The van der Waals surface area contributed by atoms with E-state index in [9.17, 15) is 32.8 Å². The Balaban J connectivity index is 0.993. The van der Waals surface area contributed by atoms with E-state index < -0.39 is 24.3 Å². The maximum atomic E-state index is 14.9. The molecule has 302 valence electrons. The van der Waals surface area contributed by atoms with Crippen molar-refractivity contribution in [1.29, 1.82) is 0 Å². The van der Waals surface area contributed by atoms with Gasteiger partial charge in [0, 0.05) is 72.6 Å². The van der Waals surface area contributed by atoms with E-state index in [1.54, 1.807) is 55.0 Å². The largest absolute Gasteiger partial charge is 0.347 e. The summed E-state index contributed by atoms with van der Waals surface area (Å²) in [6.07, 6.45) is 5.91. The Bertz CT molecular complexity index is 2640. The summed E-state index contributed by atoms with van der Waals surface area (Å²) in [5.41, 5.74) is 7.81. The number of imide groups is 1. The number of aromatic nitrogens is 2. The quantitative estimate of drug-likeness (QED) is 0.144. The third kappa shape index (κ3) is 7.41. The summed E-state index contributed by atoms with van der Waals surface area (Å²) in [5, 5.41) is 6.01. The molecule has 3 aliphatic heterocycles. The molecule has 59 heavy (non-hydrogen) atoms. The molecular weight excluding hydrogens is 755 g/mol. The lowest BCUT2D eigenvalue weighted by molar-refractivity contribution is -0.136. The van der Waals surface area contributed by atoms with Gasteiger partial charge in [-0.1, -0.05) is 43.7 Å². The average molecular weight is 799 g/mol. The molecule has 4 amide bonds. The first kappa shape index (κ1) is 39.3. The van der Waals surface area contributed by atoms with E-state index in [-0.39, 0.29) is 54.6 Å². The molecule has 2 aromatic heterocycles. The minimum atomic E-state index is -2.77. The first-order valence-electron chi connectivity index (χ1n) is 20.0. The molecule has 5 aromatic rings. The highest BCUT2D eigenvalue weighted by Gasteiger charge is 2.39. The highest BCUT2D eigenvalue weighted by Crippen LogP contribution is 2.43. The third-order valence-corrected chi connectivity index (χ3v) is 11.6. The normalized spacial score (nSPS) is 16.6. The van der Waals surface area contributed by atoms with Gasteiger partial charge in [-0.05, 0) is 103 Å². The van der Waals surface area contributed by atoms with Crippen LogP contribution in [0.15, 0.2) is 77.7 Å². The molecule has 0 saturated carbocycles. The van der Waals surface area contributed by atoms with Crippen LogP contribution in [-0.4, -0.2) is 57.2 Å². The number of nitrogens with zero attached hydrogens (tertiary/aromatic N) is 4. The van der Waals surface area contributed by atoms with Crippen molar-refractivity contribution in [2.75, 3.05) is 18.0 Å². The van der Waals surface area contributed by atoms with Crippen molar-refractivity contribution in [2.24, 2.45) is 7.05 Å². The number of carbonyl (C=O) groups is 4. The van der Waals surface area contributed by atoms with Crippen LogP contribution in [0, 0.1) is 6.92 Å². The number of piperidine rings is 1. The SMILES string of the molecule is CCCc1cc(N2CCCc3cc(-c4ccc(C(=O)NC/C=C/c5cccc6c5CN(C5CCC(=O)NC5=O)C6=O)nc4)c(C(F)F)cc32)c2cc(C)c(=O)n(C)c2c1. The van der Waals surface area contributed by atoms with E-state index in [0.29, 0.717) is 40.9 Å². The maximum absolute atomic E-state index is 14.9. The Morgan fingerprint density at radius 2 is 1.85 bits per heavy atom. The first-order chi connectivity index (χ1) is 28.4. The molecule has 1 atom stereocenters. The zero-order chi connectivity index (χ0) is 41.5. The van der Waals surface area contributed by atoms with Crippen LogP contribution in [0.1, 0.15) is 93.3 Å². The Kier molecular flexibility index (Phi) is 10.7. The maximum Gasteiger partial charge on any atom is 0.270 e. The Morgan fingerprint density at radius 1 is 1.02 bits per heavy atom. The van der Waals surface area contributed by atoms with Crippen LogP contribution in [0.25, 0.3) is 28.1 Å². The lowest BCUT2D eigenvalue weighted by Crippen LogP contribution is -2.52. The van der Waals surface area contributed by atoms with Gasteiger partial charge in [-0.15, -0.1) is 0 Å². The van der Waals surface area contributed by atoms with Crippen LogP contribution in [0.3, 0.4) is 0 Å². The molecule has 0 bridgehead atoms. The fraction of sp³-hybridized carbons (Fsp3) is 0.304. The molecule has 0 aliphatic carbocycles. The summed E-state index contributed by atoms with van der Waals surface area (Å²) in [6, 6.07) is 17.2. The molecular formula is C46H44F2N6O5. The van der Waals surface area contributed by atoms with Gasteiger partial charge in [0.1, 0.15) is 11.7 Å². The number of aryl methyl sites for hydroxylation is 4. The minimum absolute atomic E-state index is 0.0667. The Labute approximate surface area is 339 Å². The van der Waals surface area contributed by atoms with Crippen LogP contribution in [0.4, 0.5) is 20.2 Å². The van der Waals surface area contributed by atoms with Crippen molar-refractivity contribution >= 4 is 52.0 Å². The molecule has 11 nitrogen and oxygen atoms in total. The van der Waals surface area contributed by atoms with Crippen molar-refractivity contribution in [3.63, 3.8) is 0 Å². The Morgan fingerprint density at radius 3 is 2.59 bits per heavy atom. The molecule has 1 saturated heterocycles. The molecule has 8 rings (SSSR count). The zero-order valence-electron chi connectivity index (χ0n) is 33.1. The summed E-state index contributed by atoms with van der Waals surface area (Å²) in [4.78, 5) is 71.2. The minimum Gasteiger partial charge on any atom is -0.347 e. The number of nitrogens with one attached hydrogen (secondary N) is 2. The second-order valence-electron chi connectivity index (χ2n) is 15.4. The summed E-state index contributed by atoms with van der Waals surface area (Å²) < 4.78 is 31.5. The molecule has 3 aromatic carbocycles. The first-order valence-corrected chi connectivity index (χ1v) is 20.0. The summed E-state index contributed by atoms with van der Waals surface area (Å²) in [5.74, 6) is -1.53. The Hall–Kier alpha value is -6.50. The number of alkyl halides is 2. The van der Waals surface area contributed by atoms with Gasteiger partial charge in [-0.25, -0.2) is 8.78 Å². The summed E-state index contributed by atoms with van der Waals surface area (Å²) >= 11 is 0. The lowest BCUT2D eigenvalue weighted by atomic mass is 9.91. The number of carbonyl (C=O) groups excluding carboxylic acids is 4. The molecule has 3 aliphatic rings. The number of pyridine rings is 2. The highest BCUT2D eigenvalue weighted by molar-refractivity contribution is 6.06. The highest BCUT2D eigenvalue weighted by atomic mass is 19.3. The van der Waals surface area contributed by atoms with E-state index in [2.05, 4.69) is 39.6 Å². The zero-order valence-corrected chi connectivity index (χ0v) is 33.1. The molecule has 5 heterocycles. The number of halogens is 2. The van der Waals surface area contributed by atoms with E-state index in [0.717, 1.165) is 58.1 Å². The number of rotatable bonds is 10. The average Bonchev–Trinajstić information content (AvgIpc) is 3.57. The standard InChI is InChI=1S/C46H44F2N6O5/c1-4-8-27-20-39-34(19-26(2)45(58)52(39)3)40(21-27)53-18-7-11-29-22-32(33(42(47)48)23-38(29)53)30-13-14-36(50-24-30)43(56)49-17-6-10-28-9-5-12-31-35(28)25-54(46(31)59)37-15-16-41(55)51-44(37)57/h5-6,9-10,12-14,19-24,37,42H,4,7-8,11,15-18,25H2,1-3H3,(H,49,56)(H,51,55,57)/b10-6+. The predicted molar refractivity (Wildman–Crippen MR) is 222 cm³/mol. The number of hydrogen-bond donors (Lipinski definition) is 2. The summed E-state index contributed by atoms with van der Waals surface area (Å²) in [7, 11) is 1.77. The van der Waals surface area contributed by atoms with Gasteiger partial charge in [-0.3, -0.25) is 34.3 Å². The van der Waals surface area contributed by atoms with Crippen LogP contribution < -0.4 is 21.1 Å². The lowest BCUT2D eigenvalue weighted by Gasteiger charge is -2.34. The summed E-state index contributed by atoms with van der Waals surface area (Å²) in [6.45, 7) is 4.91. The van der Waals surface area contributed by atoms with Crippen LogP contribution in [0.5, 0.6) is 0 Å². The van der Waals surface area contributed by atoms with Crippen molar-refractivity contribution in [1.82, 2.24) is 25.1 Å².